The van der Waals surface area contributed by atoms with Gasteiger partial charge in [-0.2, -0.15) is 0 Å². The van der Waals surface area contributed by atoms with Gasteiger partial charge in [0.1, 0.15) is 17.8 Å². The number of carbonyl (C=O) groups is 1. The highest BCUT2D eigenvalue weighted by Crippen LogP contribution is 2.18. The molecule has 0 saturated heterocycles. The molecule has 1 heterocycles. The fourth-order valence-electron chi connectivity index (χ4n) is 2.79. The number of oxazole rings is 1. The van der Waals surface area contributed by atoms with Gasteiger partial charge in [-0.1, -0.05) is 24.3 Å². The topological polar surface area (TPSA) is 91.6 Å². The monoisotopic (exact) mass is 551 g/mol. The number of halogens is 2. The number of aryl methyl sites for hydroxylation is 1. The van der Waals surface area contributed by atoms with Crippen molar-refractivity contribution in [2.45, 2.75) is 20.4 Å². The van der Waals surface area contributed by atoms with E-state index in [1.165, 1.54) is 6.07 Å². The number of hydrogen-bond acceptors (Lipinski definition) is 4. The average molecular weight is 551 g/mol. The van der Waals surface area contributed by atoms with Crippen LogP contribution in [-0.4, -0.2) is 36.5 Å². The van der Waals surface area contributed by atoms with E-state index in [2.05, 4.69) is 25.9 Å². The first kappa shape index (κ1) is 25.3. The van der Waals surface area contributed by atoms with Gasteiger partial charge in [-0.3, -0.25) is 4.79 Å². The number of amides is 1. The molecule has 0 aliphatic heterocycles. The van der Waals surface area contributed by atoms with Crippen LogP contribution in [0.25, 0.3) is 11.5 Å². The predicted molar refractivity (Wildman–Crippen MR) is 134 cm³/mol. The van der Waals surface area contributed by atoms with Gasteiger partial charge in [-0.15, -0.1) is 24.0 Å². The van der Waals surface area contributed by atoms with Crippen molar-refractivity contribution in [1.82, 2.24) is 20.9 Å². The number of aromatic nitrogens is 1. The van der Waals surface area contributed by atoms with E-state index in [1.807, 2.05) is 37.3 Å². The van der Waals surface area contributed by atoms with Gasteiger partial charge in [0.25, 0.3) is 5.91 Å². The van der Waals surface area contributed by atoms with Crippen LogP contribution >= 0.6 is 24.0 Å². The lowest BCUT2D eigenvalue weighted by molar-refractivity contribution is 0.0954. The zero-order valence-electron chi connectivity index (χ0n) is 18.0. The summed E-state index contributed by atoms with van der Waals surface area (Å²) in [4.78, 5) is 21.1. The van der Waals surface area contributed by atoms with E-state index < -0.39 is 5.82 Å². The van der Waals surface area contributed by atoms with Crippen LogP contribution in [0, 0.1) is 12.7 Å². The van der Waals surface area contributed by atoms with Gasteiger partial charge in [0.05, 0.1) is 6.54 Å². The van der Waals surface area contributed by atoms with E-state index in [4.69, 9.17) is 4.42 Å². The summed E-state index contributed by atoms with van der Waals surface area (Å²) in [6, 6.07) is 14.1. The third-order valence-corrected chi connectivity index (χ3v) is 4.45. The molecule has 7 nitrogen and oxygen atoms in total. The van der Waals surface area contributed by atoms with Crippen molar-refractivity contribution in [2.75, 3.05) is 19.6 Å². The zero-order chi connectivity index (χ0) is 22.1. The summed E-state index contributed by atoms with van der Waals surface area (Å²) < 4.78 is 19.1. The normalized spacial score (nSPS) is 10.9. The molecule has 9 heteroatoms. The largest absolute Gasteiger partial charge is 0.444 e. The quantitative estimate of drug-likeness (QED) is 0.171. The molecule has 0 aliphatic rings. The van der Waals surface area contributed by atoms with Gasteiger partial charge in [0.15, 0.2) is 5.96 Å². The third-order valence-electron chi connectivity index (χ3n) is 4.45. The second-order valence-electron chi connectivity index (χ2n) is 6.85. The van der Waals surface area contributed by atoms with Gasteiger partial charge in [-0.05, 0) is 43.7 Å². The molecule has 1 amide bonds. The van der Waals surface area contributed by atoms with Crippen LogP contribution in [0.4, 0.5) is 4.39 Å². The second kappa shape index (κ2) is 12.8. The van der Waals surface area contributed by atoms with Gasteiger partial charge in [0, 0.05) is 30.8 Å². The minimum atomic E-state index is -0.393. The molecule has 2 aromatic carbocycles. The molecule has 0 fully saturated rings. The highest BCUT2D eigenvalue weighted by molar-refractivity contribution is 14.0. The van der Waals surface area contributed by atoms with E-state index in [0.29, 0.717) is 54.9 Å². The number of nitrogens with one attached hydrogen (secondary N) is 3. The molecule has 0 radical (unpaired) electrons. The Balaban J connectivity index is 0.00000363. The Bertz CT molecular complexity index is 1040. The first-order chi connectivity index (χ1) is 15.1. The highest BCUT2D eigenvalue weighted by Gasteiger charge is 2.08. The molecule has 0 atom stereocenters. The molecule has 3 N–H and O–H groups in total. The van der Waals surface area contributed by atoms with Crippen LogP contribution in [0.3, 0.4) is 0 Å². The molecule has 0 spiro atoms. The lowest BCUT2D eigenvalue weighted by atomic mass is 10.1. The molecule has 170 valence electrons. The number of nitrogens with zero attached hydrogens (tertiary/aromatic N) is 2. The van der Waals surface area contributed by atoms with Gasteiger partial charge >= 0.3 is 0 Å². The van der Waals surface area contributed by atoms with E-state index in [1.54, 1.807) is 25.3 Å². The van der Waals surface area contributed by atoms with Crippen molar-refractivity contribution in [3.05, 3.63) is 77.4 Å². The average Bonchev–Trinajstić information content (AvgIpc) is 3.26. The first-order valence-electron chi connectivity index (χ1n) is 10.1. The van der Waals surface area contributed by atoms with Crippen molar-refractivity contribution in [1.29, 1.82) is 0 Å². The maximum Gasteiger partial charge on any atom is 0.251 e. The van der Waals surface area contributed by atoms with Crippen LogP contribution in [-0.2, 0) is 6.54 Å². The summed E-state index contributed by atoms with van der Waals surface area (Å²) in [7, 11) is 0. The molecule has 3 aromatic rings. The number of hydrogen-bond donors (Lipinski definition) is 3. The van der Waals surface area contributed by atoms with Crippen LogP contribution in [0.2, 0.25) is 0 Å². The SMILES string of the molecule is CCNC(=NCc1coc(-c2ccccc2)n1)NCCNC(=O)c1ccc(C)c(F)c1.I. The Labute approximate surface area is 203 Å². The molecule has 0 unspecified atom stereocenters. The molecule has 1 aromatic heterocycles. The molecule has 0 bridgehead atoms. The van der Waals surface area contributed by atoms with Crippen LogP contribution < -0.4 is 16.0 Å². The Morgan fingerprint density at radius 3 is 2.56 bits per heavy atom. The Kier molecular flexibility index (Phi) is 10.1. The summed E-state index contributed by atoms with van der Waals surface area (Å²) in [6.45, 7) is 5.48. The van der Waals surface area contributed by atoms with Crippen molar-refractivity contribution in [3.63, 3.8) is 0 Å². The summed E-state index contributed by atoms with van der Waals surface area (Å²) >= 11 is 0. The van der Waals surface area contributed by atoms with E-state index in [-0.39, 0.29) is 29.9 Å². The summed E-state index contributed by atoms with van der Waals surface area (Å²) in [5, 5.41) is 9.05. The fourth-order valence-corrected chi connectivity index (χ4v) is 2.79. The minimum Gasteiger partial charge on any atom is -0.444 e. The summed E-state index contributed by atoms with van der Waals surface area (Å²) in [5.41, 5.74) is 2.43. The number of carbonyl (C=O) groups excluding carboxylic acids is 1. The van der Waals surface area contributed by atoms with Crippen molar-refractivity contribution < 1.29 is 13.6 Å². The van der Waals surface area contributed by atoms with Crippen LogP contribution in [0.1, 0.15) is 28.5 Å². The van der Waals surface area contributed by atoms with E-state index in [0.717, 1.165) is 5.56 Å². The van der Waals surface area contributed by atoms with Crippen molar-refractivity contribution in [3.8, 4) is 11.5 Å². The lowest BCUT2D eigenvalue weighted by Gasteiger charge is -2.11. The molecular formula is C23H27FIN5O2. The van der Waals surface area contributed by atoms with Crippen molar-refractivity contribution in [2.24, 2.45) is 4.99 Å². The molecular weight excluding hydrogens is 524 g/mol. The lowest BCUT2D eigenvalue weighted by Crippen LogP contribution is -2.41. The van der Waals surface area contributed by atoms with Crippen LogP contribution in [0.5, 0.6) is 0 Å². The standard InChI is InChI=1S/C23H26FN5O2.HI/c1-3-25-23(27-12-11-26-21(30)18-10-9-16(2)20(24)13-18)28-14-19-15-31-22(29-19)17-7-5-4-6-8-17;/h4-10,13,15H,3,11-12,14H2,1-2H3,(H,26,30)(H2,25,27,28);1H. The zero-order valence-corrected chi connectivity index (χ0v) is 20.4. The van der Waals surface area contributed by atoms with E-state index >= 15 is 0 Å². The smallest absolute Gasteiger partial charge is 0.251 e. The molecule has 32 heavy (non-hydrogen) atoms. The Morgan fingerprint density at radius 1 is 1.09 bits per heavy atom. The molecule has 3 rings (SSSR count). The second-order valence-corrected chi connectivity index (χ2v) is 6.85. The minimum absolute atomic E-state index is 0. The predicted octanol–water partition coefficient (Wildman–Crippen LogP) is 3.89. The highest BCUT2D eigenvalue weighted by atomic mass is 127. The Hall–Kier alpha value is -2.95. The van der Waals surface area contributed by atoms with Crippen LogP contribution in [0.15, 0.2) is 64.2 Å². The van der Waals surface area contributed by atoms with Gasteiger partial charge in [-0.25, -0.2) is 14.4 Å². The first-order valence-corrected chi connectivity index (χ1v) is 10.1. The Morgan fingerprint density at radius 2 is 1.84 bits per heavy atom. The number of benzene rings is 2. The maximum absolute atomic E-state index is 13.6. The third kappa shape index (κ3) is 7.33. The van der Waals surface area contributed by atoms with Crippen molar-refractivity contribution >= 4 is 35.8 Å². The fraction of sp³-hybridized carbons (Fsp3) is 0.261. The number of rotatable bonds is 8. The number of aliphatic imine (C=N–C) groups is 1. The molecule has 0 saturated carbocycles. The van der Waals surface area contributed by atoms with Gasteiger partial charge < -0.3 is 20.4 Å². The summed E-state index contributed by atoms with van der Waals surface area (Å²) in [6.07, 6.45) is 1.59. The van der Waals surface area contributed by atoms with Gasteiger partial charge in [0.2, 0.25) is 5.89 Å². The molecule has 0 aliphatic carbocycles. The van der Waals surface area contributed by atoms with E-state index in [9.17, 15) is 9.18 Å². The summed E-state index contributed by atoms with van der Waals surface area (Å²) in [5.74, 6) is 0.440. The maximum atomic E-state index is 13.6. The number of guanidine groups is 1.